The monoisotopic (exact) mass is 309 g/mol. The van der Waals surface area contributed by atoms with Crippen LogP contribution in [0.25, 0.3) is 11.0 Å². The van der Waals surface area contributed by atoms with Gasteiger partial charge in [-0.15, -0.1) is 0 Å². The van der Waals surface area contributed by atoms with Crippen molar-refractivity contribution in [3.05, 3.63) is 53.9 Å². The molecule has 2 heterocycles. The molecule has 2 N–H and O–H groups in total. The van der Waals surface area contributed by atoms with Gasteiger partial charge in [0.2, 0.25) is 0 Å². The van der Waals surface area contributed by atoms with E-state index in [1.165, 1.54) is 6.33 Å². The number of fused-ring (bicyclic) bond motifs is 1. The van der Waals surface area contributed by atoms with E-state index < -0.39 is 0 Å². The number of nitrogens with zero attached hydrogens (tertiary/aromatic N) is 3. The van der Waals surface area contributed by atoms with Gasteiger partial charge in [-0.25, -0.2) is 15.0 Å². The lowest BCUT2D eigenvalue weighted by atomic mass is 9.89. The van der Waals surface area contributed by atoms with Gasteiger partial charge in [-0.05, 0) is 18.2 Å². The number of aromatic amines is 1. The molecule has 0 spiro atoms. The van der Waals surface area contributed by atoms with Gasteiger partial charge in [-0.1, -0.05) is 20.8 Å². The van der Waals surface area contributed by atoms with Gasteiger partial charge in [-0.2, -0.15) is 0 Å². The molecular weight excluding hydrogens is 290 g/mol. The predicted octanol–water partition coefficient (Wildman–Crippen LogP) is 2.58. The second-order valence-electron chi connectivity index (χ2n) is 6.46. The highest BCUT2D eigenvalue weighted by Gasteiger charge is 2.20. The minimum absolute atomic E-state index is 0.0994. The minimum atomic E-state index is -0.134. The molecule has 3 rings (SSSR count). The van der Waals surface area contributed by atoms with Crippen molar-refractivity contribution < 1.29 is 4.79 Å². The van der Waals surface area contributed by atoms with Gasteiger partial charge in [0.25, 0.3) is 5.91 Å². The summed E-state index contributed by atoms with van der Waals surface area (Å²) in [5.41, 5.74) is 4.05. The van der Waals surface area contributed by atoms with Crippen LogP contribution in [0.15, 0.2) is 37.1 Å². The Balaban J connectivity index is 1.77. The number of benzene rings is 1. The van der Waals surface area contributed by atoms with Crippen LogP contribution in [0.4, 0.5) is 0 Å². The van der Waals surface area contributed by atoms with E-state index in [1.807, 2.05) is 6.07 Å². The topological polar surface area (TPSA) is 83.6 Å². The molecule has 0 fully saturated rings. The summed E-state index contributed by atoms with van der Waals surface area (Å²) < 4.78 is 0. The Morgan fingerprint density at radius 2 is 2.09 bits per heavy atom. The van der Waals surface area contributed by atoms with Crippen molar-refractivity contribution in [2.75, 3.05) is 0 Å². The summed E-state index contributed by atoms with van der Waals surface area (Å²) >= 11 is 0. The fourth-order valence-electron chi connectivity index (χ4n) is 2.52. The third-order valence-electron chi connectivity index (χ3n) is 3.62. The number of carbonyl (C=O) groups is 1. The summed E-state index contributed by atoms with van der Waals surface area (Å²) in [5.74, 6) is -0.134. The molecule has 1 amide bonds. The first kappa shape index (κ1) is 15.1. The molecule has 0 aliphatic heterocycles. The Morgan fingerprint density at radius 1 is 1.26 bits per heavy atom. The summed E-state index contributed by atoms with van der Waals surface area (Å²) in [5, 5.41) is 2.93. The number of hydrogen-bond acceptors (Lipinski definition) is 4. The fourth-order valence-corrected chi connectivity index (χ4v) is 2.52. The van der Waals surface area contributed by atoms with E-state index in [1.54, 1.807) is 24.7 Å². The van der Waals surface area contributed by atoms with E-state index >= 15 is 0 Å². The largest absolute Gasteiger partial charge is 0.348 e. The first-order valence-electron chi connectivity index (χ1n) is 7.46. The zero-order valence-corrected chi connectivity index (χ0v) is 13.4. The number of imidazole rings is 1. The average molecular weight is 309 g/mol. The van der Waals surface area contributed by atoms with Crippen LogP contribution in [0.3, 0.4) is 0 Å². The van der Waals surface area contributed by atoms with Crippen molar-refractivity contribution in [1.82, 2.24) is 25.3 Å². The van der Waals surface area contributed by atoms with E-state index in [0.717, 1.165) is 22.3 Å². The summed E-state index contributed by atoms with van der Waals surface area (Å²) in [6.07, 6.45) is 4.91. The predicted molar refractivity (Wildman–Crippen MR) is 88.0 cm³/mol. The first-order chi connectivity index (χ1) is 10.9. The molecule has 118 valence electrons. The summed E-state index contributed by atoms with van der Waals surface area (Å²) in [6, 6.07) is 5.39. The number of hydrogen-bond donors (Lipinski definition) is 2. The smallest absolute Gasteiger partial charge is 0.251 e. The van der Waals surface area contributed by atoms with Crippen LogP contribution in [0.2, 0.25) is 0 Å². The van der Waals surface area contributed by atoms with Gasteiger partial charge in [0.15, 0.2) is 0 Å². The lowest BCUT2D eigenvalue weighted by molar-refractivity contribution is 0.0950. The molecule has 0 saturated heterocycles. The molecule has 0 radical (unpaired) electrons. The van der Waals surface area contributed by atoms with Gasteiger partial charge < -0.3 is 10.3 Å². The highest BCUT2D eigenvalue weighted by molar-refractivity contribution is 5.97. The molecule has 0 atom stereocenters. The standard InChI is InChI=1S/C17H19N5O/c1-17(2,3)15-12(7-18-9-22-15)8-19-16(23)11-4-5-13-14(6-11)21-10-20-13/h4-7,9-10H,8H2,1-3H3,(H,19,23)(H,20,21). The second-order valence-corrected chi connectivity index (χ2v) is 6.46. The molecule has 6 heteroatoms. The molecule has 23 heavy (non-hydrogen) atoms. The van der Waals surface area contributed by atoms with Crippen molar-refractivity contribution in [1.29, 1.82) is 0 Å². The quantitative estimate of drug-likeness (QED) is 0.779. The van der Waals surface area contributed by atoms with Crippen molar-refractivity contribution in [3.63, 3.8) is 0 Å². The molecule has 0 unspecified atom stereocenters. The highest BCUT2D eigenvalue weighted by Crippen LogP contribution is 2.22. The van der Waals surface area contributed by atoms with Gasteiger partial charge >= 0.3 is 0 Å². The van der Waals surface area contributed by atoms with Gasteiger partial charge in [0.05, 0.1) is 23.1 Å². The summed E-state index contributed by atoms with van der Waals surface area (Å²) in [6.45, 7) is 6.67. The minimum Gasteiger partial charge on any atom is -0.348 e. The maximum Gasteiger partial charge on any atom is 0.251 e. The fraction of sp³-hybridized carbons (Fsp3) is 0.294. The average Bonchev–Trinajstić information content (AvgIpc) is 2.99. The lowest BCUT2D eigenvalue weighted by Gasteiger charge is -2.21. The zero-order chi connectivity index (χ0) is 16.4. The van der Waals surface area contributed by atoms with Crippen molar-refractivity contribution in [2.45, 2.75) is 32.7 Å². The number of rotatable bonds is 3. The SMILES string of the molecule is CC(C)(C)c1ncncc1CNC(=O)c1ccc2nc[nH]c2c1. The van der Waals surface area contributed by atoms with Gasteiger partial charge in [0, 0.05) is 29.3 Å². The van der Waals surface area contributed by atoms with Crippen LogP contribution >= 0.6 is 0 Å². The third kappa shape index (κ3) is 3.21. The molecule has 0 aliphatic rings. The zero-order valence-electron chi connectivity index (χ0n) is 13.4. The molecule has 6 nitrogen and oxygen atoms in total. The summed E-state index contributed by atoms with van der Waals surface area (Å²) in [7, 11) is 0. The van der Waals surface area contributed by atoms with E-state index in [-0.39, 0.29) is 11.3 Å². The third-order valence-corrected chi connectivity index (χ3v) is 3.62. The Bertz CT molecular complexity index is 847. The normalized spacial score (nSPS) is 11.6. The molecule has 2 aromatic heterocycles. The van der Waals surface area contributed by atoms with Crippen molar-refractivity contribution in [3.8, 4) is 0 Å². The highest BCUT2D eigenvalue weighted by atomic mass is 16.1. The van der Waals surface area contributed by atoms with Crippen LogP contribution in [0.5, 0.6) is 0 Å². The molecule has 0 aliphatic carbocycles. The molecule has 1 aromatic carbocycles. The van der Waals surface area contributed by atoms with Gasteiger partial charge in [0.1, 0.15) is 6.33 Å². The lowest BCUT2D eigenvalue weighted by Crippen LogP contribution is -2.26. The summed E-state index contributed by atoms with van der Waals surface area (Å²) in [4.78, 5) is 27.9. The molecule has 0 bridgehead atoms. The van der Waals surface area contributed by atoms with Gasteiger partial charge in [-0.3, -0.25) is 4.79 Å². The van der Waals surface area contributed by atoms with E-state index in [4.69, 9.17) is 0 Å². The van der Waals surface area contributed by atoms with Crippen LogP contribution in [0.1, 0.15) is 42.4 Å². The van der Waals surface area contributed by atoms with Crippen LogP contribution < -0.4 is 5.32 Å². The first-order valence-corrected chi connectivity index (χ1v) is 7.46. The number of nitrogens with one attached hydrogen (secondary N) is 2. The van der Waals surface area contributed by atoms with Crippen molar-refractivity contribution in [2.24, 2.45) is 0 Å². The van der Waals surface area contributed by atoms with Crippen LogP contribution in [-0.2, 0) is 12.0 Å². The Labute approximate surface area is 134 Å². The maximum absolute atomic E-state index is 12.4. The Morgan fingerprint density at radius 3 is 2.87 bits per heavy atom. The van der Waals surface area contributed by atoms with Crippen LogP contribution in [0, 0.1) is 0 Å². The second kappa shape index (κ2) is 5.79. The van der Waals surface area contributed by atoms with E-state index in [2.05, 4.69) is 46.0 Å². The van der Waals surface area contributed by atoms with Crippen LogP contribution in [-0.4, -0.2) is 25.8 Å². The number of aromatic nitrogens is 4. The van der Waals surface area contributed by atoms with Crippen molar-refractivity contribution >= 4 is 16.9 Å². The Hall–Kier alpha value is -2.76. The molecule has 0 saturated carbocycles. The van der Waals surface area contributed by atoms with E-state index in [0.29, 0.717) is 12.1 Å². The number of amides is 1. The number of carbonyl (C=O) groups excluding carboxylic acids is 1. The molecular formula is C17H19N5O. The van der Waals surface area contributed by atoms with E-state index in [9.17, 15) is 4.79 Å². The number of H-pyrrole nitrogens is 1. The maximum atomic E-state index is 12.4. The Kier molecular flexibility index (Phi) is 3.82. The molecule has 3 aromatic rings.